The number of nitrogens with zero attached hydrogens (tertiary/aromatic N) is 3. The molecule has 0 aromatic rings. The van der Waals surface area contributed by atoms with Crippen LogP contribution in [0.25, 0.3) is 0 Å². The second-order valence-electron chi connectivity index (χ2n) is 5.38. The summed E-state index contributed by atoms with van der Waals surface area (Å²) < 4.78 is 11.3. The van der Waals surface area contributed by atoms with Crippen LogP contribution in [-0.4, -0.2) is 18.3 Å². The molecule has 6 nitrogen and oxygen atoms in total. The third-order valence-corrected chi connectivity index (χ3v) is 4.73. The molecule has 0 aromatic carbocycles. The van der Waals surface area contributed by atoms with E-state index >= 15 is 0 Å². The van der Waals surface area contributed by atoms with E-state index in [1.165, 1.54) is 0 Å². The molecule has 1 aliphatic carbocycles. The molecule has 0 unspecified atom stereocenters. The van der Waals surface area contributed by atoms with E-state index in [4.69, 9.17) is 14.9 Å². The van der Waals surface area contributed by atoms with Gasteiger partial charge >= 0.3 is 0 Å². The molecule has 1 saturated carbocycles. The third kappa shape index (κ3) is 1.06. The largest absolute Gasteiger partial charge is 0.447 e. The van der Waals surface area contributed by atoms with Gasteiger partial charge in [-0.25, -0.2) is 0 Å². The van der Waals surface area contributed by atoms with E-state index in [2.05, 4.69) is 0 Å². The fraction of sp³-hybridized carbons (Fsp3) is 0.692. The summed E-state index contributed by atoms with van der Waals surface area (Å²) in [7, 11) is 0. The van der Waals surface area contributed by atoms with E-state index in [1.807, 2.05) is 18.2 Å². The second kappa shape index (κ2) is 3.47. The van der Waals surface area contributed by atoms with Crippen LogP contribution in [0.1, 0.15) is 25.7 Å². The Morgan fingerprint density at radius 1 is 1.16 bits per heavy atom. The fourth-order valence-corrected chi connectivity index (χ4v) is 3.67. The molecule has 4 aliphatic rings. The highest BCUT2D eigenvalue weighted by Crippen LogP contribution is 2.63. The van der Waals surface area contributed by atoms with E-state index < -0.39 is 22.5 Å². The molecule has 0 amide bonds. The van der Waals surface area contributed by atoms with Crippen molar-refractivity contribution in [2.45, 2.75) is 31.5 Å². The third-order valence-electron chi connectivity index (χ3n) is 4.73. The molecule has 6 heteroatoms. The normalized spacial score (nSPS) is 42.2. The zero-order chi connectivity index (χ0) is 13.7. The predicted molar refractivity (Wildman–Crippen MR) is 61.2 cm³/mol. The Hall–Kier alpha value is -2.10. The number of ether oxygens (including phenoxy) is 2. The Labute approximate surface area is 110 Å². The maximum absolute atomic E-state index is 9.58. The average Bonchev–Trinajstić information content (AvgIpc) is 2.45. The minimum Gasteiger partial charge on any atom is -0.447 e. The van der Waals surface area contributed by atoms with Gasteiger partial charge in [0.15, 0.2) is 10.8 Å². The lowest BCUT2D eigenvalue weighted by Gasteiger charge is -2.60. The number of fused-ring (bicyclic) bond motifs is 2. The van der Waals surface area contributed by atoms with Gasteiger partial charge in [-0.3, -0.25) is 5.41 Å². The van der Waals surface area contributed by atoms with Gasteiger partial charge in [-0.15, -0.1) is 0 Å². The zero-order valence-corrected chi connectivity index (χ0v) is 10.3. The van der Waals surface area contributed by atoms with E-state index in [1.54, 1.807) is 0 Å². The number of nitriles is 3. The zero-order valence-electron chi connectivity index (χ0n) is 10.3. The molecule has 3 atom stereocenters. The summed E-state index contributed by atoms with van der Waals surface area (Å²) in [6, 6.07) is 6.02. The number of rotatable bonds is 0. The number of nitrogens with one attached hydrogen (secondary N) is 1. The standard InChI is InChI=1S/C13H12N4O2/c14-5-11(6-15)9-3-1-2-4-13(9)18-8-12(11,7-16)10(17)19-13/h9,17H,1-4,8H2/t9-,12-,13-/m0/s1. The van der Waals surface area contributed by atoms with Gasteiger partial charge in [0.05, 0.1) is 30.7 Å². The van der Waals surface area contributed by atoms with Gasteiger partial charge in [0.25, 0.3) is 0 Å². The van der Waals surface area contributed by atoms with E-state index in [0.29, 0.717) is 12.8 Å². The molecule has 96 valence electrons. The van der Waals surface area contributed by atoms with Crippen LogP contribution in [-0.2, 0) is 9.47 Å². The fourth-order valence-electron chi connectivity index (χ4n) is 3.67. The number of hydrogen-bond donors (Lipinski definition) is 1. The van der Waals surface area contributed by atoms with Gasteiger partial charge in [-0.2, -0.15) is 15.8 Å². The van der Waals surface area contributed by atoms with Crippen LogP contribution in [0.3, 0.4) is 0 Å². The highest BCUT2D eigenvalue weighted by molar-refractivity contribution is 5.87. The van der Waals surface area contributed by atoms with Crippen molar-refractivity contribution in [3.8, 4) is 18.2 Å². The Bertz CT molecular complexity index is 567. The molecule has 1 N–H and O–H groups in total. The summed E-state index contributed by atoms with van der Waals surface area (Å²) in [6.45, 7) is -0.111. The summed E-state index contributed by atoms with van der Waals surface area (Å²) >= 11 is 0. The van der Waals surface area contributed by atoms with Crippen molar-refractivity contribution in [2.24, 2.45) is 16.7 Å². The molecule has 19 heavy (non-hydrogen) atoms. The summed E-state index contributed by atoms with van der Waals surface area (Å²) in [5, 5.41) is 36.6. The topological polar surface area (TPSA) is 114 Å². The second-order valence-corrected chi connectivity index (χ2v) is 5.38. The Kier molecular flexibility index (Phi) is 2.18. The smallest absolute Gasteiger partial charge is 0.217 e. The van der Waals surface area contributed by atoms with Gasteiger partial charge in [0.2, 0.25) is 11.7 Å². The Morgan fingerprint density at radius 3 is 2.47 bits per heavy atom. The van der Waals surface area contributed by atoms with Crippen LogP contribution < -0.4 is 0 Å². The first-order chi connectivity index (χ1) is 9.11. The van der Waals surface area contributed by atoms with Gasteiger partial charge in [0.1, 0.15) is 0 Å². The van der Waals surface area contributed by atoms with Crippen LogP contribution in [0, 0.1) is 56.2 Å². The minimum atomic E-state index is -1.60. The van der Waals surface area contributed by atoms with Crippen LogP contribution in [0.2, 0.25) is 0 Å². The van der Waals surface area contributed by atoms with Crippen molar-refractivity contribution in [2.75, 3.05) is 6.61 Å². The van der Waals surface area contributed by atoms with E-state index in [9.17, 15) is 15.8 Å². The molecular formula is C13H12N4O2. The van der Waals surface area contributed by atoms with Crippen molar-refractivity contribution in [1.29, 1.82) is 21.2 Å². The molecule has 4 rings (SSSR count). The van der Waals surface area contributed by atoms with Gasteiger partial charge in [-0.1, -0.05) is 6.42 Å². The Morgan fingerprint density at radius 2 is 1.89 bits per heavy atom. The summed E-state index contributed by atoms with van der Waals surface area (Å²) in [6.07, 6.45) is 2.92. The van der Waals surface area contributed by atoms with Crippen molar-refractivity contribution >= 4 is 5.90 Å². The monoisotopic (exact) mass is 256 g/mol. The van der Waals surface area contributed by atoms with Crippen LogP contribution >= 0.6 is 0 Å². The molecule has 4 fully saturated rings. The summed E-state index contributed by atoms with van der Waals surface area (Å²) in [5.74, 6) is -1.81. The van der Waals surface area contributed by atoms with Gasteiger partial charge < -0.3 is 9.47 Å². The SMILES string of the molecule is N#CC1(C#N)[C@@H]2CCCC[C@@]23OC[C@@]1(C#N)C(=N)O3. The highest BCUT2D eigenvalue weighted by Gasteiger charge is 2.76. The van der Waals surface area contributed by atoms with Crippen molar-refractivity contribution in [3.05, 3.63) is 0 Å². The lowest BCUT2D eigenvalue weighted by Crippen LogP contribution is -2.72. The summed E-state index contributed by atoms with van der Waals surface area (Å²) in [5.41, 5.74) is -3.14. The minimum absolute atomic E-state index is 0.111. The molecule has 1 spiro atoms. The van der Waals surface area contributed by atoms with E-state index in [0.717, 1.165) is 12.8 Å². The molecule has 0 radical (unpaired) electrons. The summed E-state index contributed by atoms with van der Waals surface area (Å²) in [4.78, 5) is 0. The van der Waals surface area contributed by atoms with Crippen LogP contribution in [0.5, 0.6) is 0 Å². The van der Waals surface area contributed by atoms with Crippen LogP contribution in [0.4, 0.5) is 0 Å². The number of hydrogen-bond acceptors (Lipinski definition) is 6. The molecule has 3 aliphatic heterocycles. The predicted octanol–water partition coefficient (Wildman–Crippen LogP) is 1.45. The lowest BCUT2D eigenvalue weighted by molar-refractivity contribution is -0.329. The van der Waals surface area contributed by atoms with E-state index in [-0.39, 0.29) is 12.5 Å². The molecule has 2 bridgehead atoms. The quantitative estimate of drug-likeness (QED) is 0.704. The van der Waals surface area contributed by atoms with Crippen molar-refractivity contribution < 1.29 is 9.47 Å². The van der Waals surface area contributed by atoms with Crippen LogP contribution in [0.15, 0.2) is 0 Å². The van der Waals surface area contributed by atoms with Crippen molar-refractivity contribution in [3.63, 3.8) is 0 Å². The molecular weight excluding hydrogens is 244 g/mol. The highest BCUT2D eigenvalue weighted by atomic mass is 16.7. The first kappa shape index (κ1) is 12.0. The van der Waals surface area contributed by atoms with Crippen molar-refractivity contribution in [1.82, 2.24) is 0 Å². The maximum Gasteiger partial charge on any atom is 0.217 e. The van der Waals surface area contributed by atoms with Gasteiger partial charge in [0, 0.05) is 6.42 Å². The molecule has 3 heterocycles. The maximum atomic E-state index is 9.58. The first-order valence-corrected chi connectivity index (χ1v) is 6.26. The Balaban J connectivity index is 2.26. The van der Waals surface area contributed by atoms with Gasteiger partial charge in [-0.05, 0) is 12.8 Å². The molecule has 3 saturated heterocycles. The average molecular weight is 256 g/mol. The lowest BCUT2D eigenvalue weighted by atomic mass is 9.51. The first-order valence-electron chi connectivity index (χ1n) is 6.26. The molecule has 0 aromatic heterocycles.